The molecule has 0 saturated heterocycles. The maximum absolute atomic E-state index is 9.07. The first-order valence-electron chi connectivity index (χ1n) is 6.04. The predicted molar refractivity (Wildman–Crippen MR) is 73.9 cm³/mol. The van der Waals surface area contributed by atoms with Crippen LogP contribution < -0.4 is 14.9 Å². The zero-order chi connectivity index (χ0) is 14.5. The van der Waals surface area contributed by atoms with E-state index in [0.29, 0.717) is 11.5 Å². The third kappa shape index (κ3) is 3.69. The molecule has 2 heterocycles. The van der Waals surface area contributed by atoms with Gasteiger partial charge in [-0.3, -0.25) is 9.97 Å². The Morgan fingerprint density at radius 2 is 1.95 bits per heavy atom. The average molecular weight is 274 g/mol. The minimum atomic E-state index is -1.57. The minimum absolute atomic E-state index is 0.241. The van der Waals surface area contributed by atoms with Gasteiger partial charge in [-0.2, -0.15) is 0 Å². The molecule has 7 heteroatoms. The first kappa shape index (κ1) is 14.3. The van der Waals surface area contributed by atoms with Crippen molar-refractivity contribution in [1.29, 1.82) is 0 Å². The molecule has 0 aliphatic rings. The number of aryl methyl sites for hydroxylation is 1. The third-order valence-electron chi connectivity index (χ3n) is 2.63. The van der Waals surface area contributed by atoms with E-state index in [1.165, 1.54) is 18.5 Å². The van der Waals surface area contributed by atoms with Crippen LogP contribution in [-0.2, 0) is 6.61 Å². The molecule has 2 aromatic heterocycles. The number of pyridine rings is 2. The second kappa shape index (κ2) is 6.36. The summed E-state index contributed by atoms with van der Waals surface area (Å²) in [6, 6.07) is 5.13. The van der Waals surface area contributed by atoms with E-state index in [1.807, 2.05) is 13.0 Å². The van der Waals surface area contributed by atoms with E-state index >= 15 is 0 Å². The van der Waals surface area contributed by atoms with Gasteiger partial charge in [0.1, 0.15) is 18.1 Å². The van der Waals surface area contributed by atoms with Crippen LogP contribution in [0.15, 0.2) is 30.6 Å². The number of methoxy groups -OCH3 is 1. The lowest BCUT2D eigenvalue weighted by Crippen LogP contribution is -2.30. The van der Waals surface area contributed by atoms with Crippen molar-refractivity contribution < 1.29 is 19.5 Å². The lowest BCUT2D eigenvalue weighted by molar-refractivity contribution is 0.298. The van der Waals surface area contributed by atoms with Crippen molar-refractivity contribution in [3.8, 4) is 11.5 Å². The van der Waals surface area contributed by atoms with Crippen molar-refractivity contribution in [2.45, 2.75) is 13.5 Å². The highest BCUT2D eigenvalue weighted by Crippen LogP contribution is 2.15. The lowest BCUT2D eigenvalue weighted by atomic mass is 9.82. The molecule has 0 fully saturated rings. The van der Waals surface area contributed by atoms with Crippen molar-refractivity contribution in [2.24, 2.45) is 0 Å². The number of hydrogen-bond donors (Lipinski definition) is 2. The summed E-state index contributed by atoms with van der Waals surface area (Å²) in [5.41, 5.74) is 1.83. The average Bonchev–Trinajstić information content (AvgIpc) is 2.44. The van der Waals surface area contributed by atoms with Gasteiger partial charge in [-0.25, -0.2) is 0 Å². The van der Waals surface area contributed by atoms with Crippen LogP contribution in [0.3, 0.4) is 0 Å². The van der Waals surface area contributed by atoms with Gasteiger partial charge in [0.2, 0.25) is 0 Å². The summed E-state index contributed by atoms with van der Waals surface area (Å²) >= 11 is 0. The SMILES string of the molecule is COc1cc(C)nc(COc2cncc(B(O)O)c2)c1. The van der Waals surface area contributed by atoms with Gasteiger partial charge in [0, 0.05) is 29.5 Å². The summed E-state index contributed by atoms with van der Waals surface area (Å²) in [5, 5.41) is 18.1. The molecule has 2 aromatic rings. The Morgan fingerprint density at radius 3 is 2.65 bits per heavy atom. The Morgan fingerprint density at radius 1 is 1.15 bits per heavy atom. The van der Waals surface area contributed by atoms with E-state index in [4.69, 9.17) is 19.5 Å². The van der Waals surface area contributed by atoms with Crippen LogP contribution in [0.5, 0.6) is 11.5 Å². The summed E-state index contributed by atoms with van der Waals surface area (Å²) < 4.78 is 10.7. The maximum atomic E-state index is 9.07. The molecule has 0 aromatic carbocycles. The smallest absolute Gasteiger partial charge is 0.490 e. The van der Waals surface area contributed by atoms with Gasteiger partial charge >= 0.3 is 7.12 Å². The quantitative estimate of drug-likeness (QED) is 0.749. The standard InChI is InChI=1S/C13H15BN2O4/c1-9-3-12(19-2)5-11(16-9)8-20-13-4-10(14(17)18)6-15-7-13/h3-7,17-18H,8H2,1-2H3. The van der Waals surface area contributed by atoms with Gasteiger partial charge in [0.15, 0.2) is 0 Å². The normalized spacial score (nSPS) is 10.2. The van der Waals surface area contributed by atoms with Crippen LogP contribution in [-0.4, -0.2) is 34.2 Å². The number of nitrogens with zero attached hydrogens (tertiary/aromatic N) is 2. The molecule has 2 N–H and O–H groups in total. The molecule has 0 bridgehead atoms. The molecule has 0 saturated carbocycles. The van der Waals surface area contributed by atoms with E-state index in [2.05, 4.69) is 9.97 Å². The number of rotatable bonds is 5. The fourth-order valence-corrected chi connectivity index (χ4v) is 1.71. The Balaban J connectivity index is 2.08. The summed E-state index contributed by atoms with van der Waals surface area (Å²) in [6.45, 7) is 2.11. The molecule has 0 atom stereocenters. The van der Waals surface area contributed by atoms with Crippen molar-refractivity contribution >= 4 is 12.6 Å². The minimum Gasteiger partial charge on any atom is -0.497 e. The predicted octanol–water partition coefficient (Wildman–Crippen LogP) is 0.0524. The molecule has 0 aliphatic heterocycles. The van der Waals surface area contributed by atoms with Gasteiger partial charge < -0.3 is 19.5 Å². The van der Waals surface area contributed by atoms with Gasteiger partial charge in [-0.1, -0.05) is 0 Å². The first-order valence-corrected chi connectivity index (χ1v) is 6.04. The van der Waals surface area contributed by atoms with Crippen LogP contribution in [0.25, 0.3) is 0 Å². The van der Waals surface area contributed by atoms with E-state index in [0.717, 1.165) is 11.4 Å². The zero-order valence-electron chi connectivity index (χ0n) is 11.3. The first-order chi connectivity index (χ1) is 9.58. The molecule has 6 nitrogen and oxygen atoms in total. The Hall–Kier alpha value is -2.12. The van der Waals surface area contributed by atoms with Crippen LogP contribution >= 0.6 is 0 Å². The van der Waals surface area contributed by atoms with Gasteiger partial charge in [-0.05, 0) is 13.0 Å². The van der Waals surface area contributed by atoms with Crippen LogP contribution in [0.4, 0.5) is 0 Å². The Labute approximate surface area is 117 Å². The largest absolute Gasteiger partial charge is 0.497 e. The Bertz CT molecular complexity index is 592. The van der Waals surface area contributed by atoms with Gasteiger partial charge in [0.05, 0.1) is 19.0 Å². The van der Waals surface area contributed by atoms with Crippen molar-refractivity contribution in [3.63, 3.8) is 0 Å². The molecular formula is C13H15BN2O4. The zero-order valence-corrected chi connectivity index (χ0v) is 11.3. The molecule has 0 amide bonds. The topological polar surface area (TPSA) is 84.7 Å². The number of hydrogen-bond acceptors (Lipinski definition) is 6. The van der Waals surface area contributed by atoms with Crippen molar-refractivity contribution in [3.05, 3.63) is 42.0 Å². The molecular weight excluding hydrogens is 259 g/mol. The molecule has 2 rings (SSSR count). The second-order valence-corrected chi connectivity index (χ2v) is 4.26. The van der Waals surface area contributed by atoms with Gasteiger partial charge in [-0.15, -0.1) is 0 Å². The van der Waals surface area contributed by atoms with Gasteiger partial charge in [0.25, 0.3) is 0 Å². The summed E-state index contributed by atoms with van der Waals surface area (Å²) in [6.07, 6.45) is 2.87. The highest BCUT2D eigenvalue weighted by Gasteiger charge is 2.12. The molecule has 0 radical (unpaired) electrons. The van der Waals surface area contributed by atoms with Crippen LogP contribution in [0.1, 0.15) is 11.4 Å². The molecule has 20 heavy (non-hydrogen) atoms. The molecule has 0 spiro atoms. The Kier molecular flexibility index (Phi) is 4.55. The molecule has 0 unspecified atom stereocenters. The highest BCUT2D eigenvalue weighted by molar-refractivity contribution is 6.58. The lowest BCUT2D eigenvalue weighted by Gasteiger charge is -2.09. The maximum Gasteiger partial charge on any atom is 0.490 e. The van der Waals surface area contributed by atoms with Crippen LogP contribution in [0, 0.1) is 6.92 Å². The summed E-state index contributed by atoms with van der Waals surface area (Å²) in [4.78, 5) is 8.21. The fraction of sp³-hybridized carbons (Fsp3) is 0.231. The van der Waals surface area contributed by atoms with Crippen molar-refractivity contribution in [2.75, 3.05) is 7.11 Å². The number of aromatic nitrogens is 2. The van der Waals surface area contributed by atoms with E-state index < -0.39 is 7.12 Å². The van der Waals surface area contributed by atoms with Crippen LogP contribution in [0.2, 0.25) is 0 Å². The van der Waals surface area contributed by atoms with E-state index in [-0.39, 0.29) is 12.1 Å². The fourth-order valence-electron chi connectivity index (χ4n) is 1.71. The summed E-state index contributed by atoms with van der Waals surface area (Å²) in [5.74, 6) is 1.16. The van der Waals surface area contributed by atoms with Crippen molar-refractivity contribution in [1.82, 2.24) is 9.97 Å². The third-order valence-corrected chi connectivity index (χ3v) is 2.63. The molecule has 0 aliphatic carbocycles. The number of ether oxygens (including phenoxy) is 2. The molecule has 104 valence electrons. The summed E-state index contributed by atoms with van der Waals surface area (Å²) in [7, 11) is 0.0263. The van der Waals surface area contributed by atoms with E-state index in [9.17, 15) is 0 Å². The van der Waals surface area contributed by atoms with E-state index in [1.54, 1.807) is 13.2 Å². The monoisotopic (exact) mass is 274 g/mol. The second-order valence-electron chi connectivity index (χ2n) is 4.26. The highest BCUT2D eigenvalue weighted by atomic mass is 16.5.